The number of hydrogen-bond donors (Lipinski definition) is 2. The molecule has 5 nitrogen and oxygen atoms in total. The monoisotopic (exact) mass is 378 g/mol. The molecule has 2 aromatic heterocycles. The predicted molar refractivity (Wildman–Crippen MR) is 110 cm³/mol. The second-order valence-corrected chi connectivity index (χ2v) is 7.03. The number of aromatic nitrogens is 2. The van der Waals surface area contributed by atoms with E-state index in [0.717, 1.165) is 35.2 Å². The zero-order chi connectivity index (χ0) is 18.8. The normalized spacial score (nSPS) is 19.3. The fourth-order valence-electron chi connectivity index (χ4n) is 3.69. The van der Waals surface area contributed by atoms with Crippen LogP contribution in [-0.4, -0.2) is 31.2 Å². The number of thiocarbonyl (C=S) groups is 1. The summed E-state index contributed by atoms with van der Waals surface area (Å²) in [5.74, 6) is 0.259. The van der Waals surface area contributed by atoms with E-state index in [2.05, 4.69) is 32.8 Å². The molecule has 0 spiro atoms. The highest BCUT2D eigenvalue weighted by molar-refractivity contribution is 7.80. The summed E-state index contributed by atoms with van der Waals surface area (Å²) in [6.07, 6.45) is 4.87. The number of nitrogens with one attached hydrogen (secondary N) is 1. The van der Waals surface area contributed by atoms with Crippen molar-refractivity contribution < 1.29 is 5.11 Å². The molecule has 0 saturated carbocycles. The average molecular weight is 379 g/mol. The molecule has 2 N–H and O–H groups in total. The van der Waals surface area contributed by atoms with Crippen molar-refractivity contribution in [1.82, 2.24) is 19.8 Å². The van der Waals surface area contributed by atoms with Gasteiger partial charge in [0.25, 0.3) is 0 Å². The SMILES string of the molecule is CCCN1C(=S)N[C@H](c2ccccn2)[C@@H]1c1cccn1-c1ccc(O)cc1. The standard InChI is InChI=1S/C21H22N4OS/c1-2-13-25-20(19(23-21(25)27)17-6-3-4-12-22-17)18-7-5-14-24(18)15-8-10-16(26)11-9-15/h3-12,14,19-20,26H,2,13H2,1H3,(H,23,27)/t19-,20+/m1/s1. The minimum atomic E-state index is -0.0176. The first-order valence-electron chi connectivity index (χ1n) is 9.13. The maximum Gasteiger partial charge on any atom is 0.170 e. The van der Waals surface area contributed by atoms with Gasteiger partial charge < -0.3 is 19.9 Å². The molecular formula is C21H22N4OS. The van der Waals surface area contributed by atoms with Crippen LogP contribution in [0.3, 0.4) is 0 Å². The molecule has 0 unspecified atom stereocenters. The molecule has 3 heterocycles. The van der Waals surface area contributed by atoms with Gasteiger partial charge in [-0.25, -0.2) is 0 Å². The predicted octanol–water partition coefficient (Wildman–Crippen LogP) is 3.96. The number of rotatable bonds is 5. The molecule has 4 rings (SSSR count). The van der Waals surface area contributed by atoms with Crippen LogP contribution in [-0.2, 0) is 0 Å². The summed E-state index contributed by atoms with van der Waals surface area (Å²) in [5.41, 5.74) is 3.11. The van der Waals surface area contributed by atoms with Crippen LogP contribution < -0.4 is 5.32 Å². The van der Waals surface area contributed by atoms with Crippen molar-refractivity contribution in [3.8, 4) is 11.4 Å². The number of benzene rings is 1. The van der Waals surface area contributed by atoms with Gasteiger partial charge in [0.2, 0.25) is 0 Å². The summed E-state index contributed by atoms with van der Waals surface area (Å²) in [7, 11) is 0. The highest BCUT2D eigenvalue weighted by atomic mass is 32.1. The quantitative estimate of drug-likeness (QED) is 0.658. The Hall–Kier alpha value is -2.86. The Kier molecular flexibility index (Phi) is 4.81. The number of phenols is 1. The van der Waals surface area contributed by atoms with Crippen molar-refractivity contribution in [2.24, 2.45) is 0 Å². The molecule has 3 aromatic rings. The van der Waals surface area contributed by atoms with Gasteiger partial charge >= 0.3 is 0 Å². The number of pyridine rings is 1. The summed E-state index contributed by atoms with van der Waals surface area (Å²) < 4.78 is 2.15. The molecule has 0 aliphatic carbocycles. The lowest BCUT2D eigenvalue weighted by atomic mass is 10.0. The minimum Gasteiger partial charge on any atom is -0.508 e. The van der Waals surface area contributed by atoms with E-state index >= 15 is 0 Å². The zero-order valence-electron chi connectivity index (χ0n) is 15.1. The van der Waals surface area contributed by atoms with Crippen LogP contribution in [0.5, 0.6) is 5.75 Å². The van der Waals surface area contributed by atoms with Crippen molar-refractivity contribution >= 4 is 17.3 Å². The van der Waals surface area contributed by atoms with Gasteiger partial charge in [-0.05, 0) is 67.2 Å². The van der Waals surface area contributed by atoms with Crippen LogP contribution in [0, 0.1) is 0 Å². The largest absolute Gasteiger partial charge is 0.508 e. The van der Waals surface area contributed by atoms with Gasteiger partial charge in [0, 0.05) is 30.3 Å². The maximum atomic E-state index is 9.62. The zero-order valence-corrected chi connectivity index (χ0v) is 15.9. The van der Waals surface area contributed by atoms with Crippen LogP contribution in [0.2, 0.25) is 0 Å². The van der Waals surface area contributed by atoms with E-state index in [1.165, 1.54) is 0 Å². The first kappa shape index (κ1) is 17.5. The van der Waals surface area contributed by atoms with E-state index in [0.29, 0.717) is 0 Å². The van der Waals surface area contributed by atoms with Crippen LogP contribution in [0.15, 0.2) is 67.0 Å². The second-order valence-electron chi connectivity index (χ2n) is 6.64. The maximum absolute atomic E-state index is 9.62. The van der Waals surface area contributed by atoms with Gasteiger partial charge in [-0.2, -0.15) is 0 Å². The molecule has 0 amide bonds. The van der Waals surface area contributed by atoms with Gasteiger partial charge in [-0.3, -0.25) is 4.98 Å². The molecule has 27 heavy (non-hydrogen) atoms. The molecule has 1 aliphatic rings. The Bertz CT molecular complexity index is 923. The molecule has 138 valence electrons. The summed E-state index contributed by atoms with van der Waals surface area (Å²) >= 11 is 5.66. The van der Waals surface area contributed by atoms with Crippen molar-refractivity contribution in [1.29, 1.82) is 0 Å². The summed E-state index contributed by atoms with van der Waals surface area (Å²) in [6, 6.07) is 17.4. The number of aromatic hydroxyl groups is 1. The van der Waals surface area contributed by atoms with Gasteiger partial charge in [0.15, 0.2) is 5.11 Å². The second kappa shape index (κ2) is 7.40. The van der Waals surface area contributed by atoms with Gasteiger partial charge in [-0.15, -0.1) is 0 Å². The molecule has 6 heteroatoms. The average Bonchev–Trinajstić information content (AvgIpc) is 3.28. The van der Waals surface area contributed by atoms with Gasteiger partial charge in [0.1, 0.15) is 5.75 Å². The van der Waals surface area contributed by atoms with Crippen molar-refractivity contribution in [3.05, 3.63) is 78.4 Å². The first-order valence-corrected chi connectivity index (χ1v) is 9.54. The van der Waals surface area contributed by atoms with Crippen LogP contribution >= 0.6 is 12.2 Å². The fourth-order valence-corrected chi connectivity index (χ4v) is 4.02. The third-order valence-electron chi connectivity index (χ3n) is 4.87. The van der Waals surface area contributed by atoms with Gasteiger partial charge in [-0.1, -0.05) is 13.0 Å². The Morgan fingerprint density at radius 3 is 2.63 bits per heavy atom. The summed E-state index contributed by atoms with van der Waals surface area (Å²) in [4.78, 5) is 6.82. The Labute approximate surface area is 164 Å². The molecule has 2 atom stereocenters. The van der Waals surface area contributed by atoms with Crippen LogP contribution in [0.4, 0.5) is 0 Å². The van der Waals surface area contributed by atoms with Crippen LogP contribution in [0.25, 0.3) is 5.69 Å². The van der Waals surface area contributed by atoms with E-state index in [1.54, 1.807) is 12.1 Å². The summed E-state index contributed by atoms with van der Waals surface area (Å²) in [5, 5.41) is 13.9. The van der Waals surface area contributed by atoms with E-state index in [1.807, 2.05) is 48.8 Å². The van der Waals surface area contributed by atoms with Crippen molar-refractivity contribution in [2.45, 2.75) is 25.4 Å². The Balaban J connectivity index is 1.80. The highest BCUT2D eigenvalue weighted by Crippen LogP contribution is 2.39. The van der Waals surface area contributed by atoms with Crippen molar-refractivity contribution in [3.63, 3.8) is 0 Å². The lowest BCUT2D eigenvalue weighted by molar-refractivity contribution is 0.309. The third-order valence-corrected chi connectivity index (χ3v) is 5.23. The topological polar surface area (TPSA) is 53.3 Å². The molecule has 0 radical (unpaired) electrons. The van der Waals surface area contributed by atoms with E-state index in [9.17, 15) is 5.11 Å². The van der Waals surface area contributed by atoms with E-state index < -0.39 is 0 Å². The molecule has 0 bridgehead atoms. The lowest BCUT2D eigenvalue weighted by Gasteiger charge is -2.28. The molecule has 1 saturated heterocycles. The first-order chi connectivity index (χ1) is 13.2. The third kappa shape index (κ3) is 3.28. The smallest absolute Gasteiger partial charge is 0.170 e. The van der Waals surface area contributed by atoms with E-state index in [4.69, 9.17) is 12.2 Å². The Morgan fingerprint density at radius 1 is 1.11 bits per heavy atom. The summed E-state index contributed by atoms with van der Waals surface area (Å²) in [6.45, 7) is 3.04. The van der Waals surface area contributed by atoms with Gasteiger partial charge in [0.05, 0.1) is 17.8 Å². The molecule has 1 fully saturated rings. The minimum absolute atomic E-state index is 0.0176. The molecule has 1 aliphatic heterocycles. The highest BCUT2D eigenvalue weighted by Gasteiger charge is 2.40. The van der Waals surface area contributed by atoms with Crippen LogP contribution in [0.1, 0.15) is 36.8 Å². The van der Waals surface area contributed by atoms with E-state index in [-0.39, 0.29) is 17.8 Å². The fraction of sp³-hybridized carbons (Fsp3) is 0.238. The molecule has 1 aromatic carbocycles. The lowest BCUT2D eigenvalue weighted by Crippen LogP contribution is -2.31. The molecular weight excluding hydrogens is 356 g/mol. The number of phenolic OH excluding ortho intramolecular Hbond substituents is 1. The number of nitrogens with zero attached hydrogens (tertiary/aromatic N) is 3. The van der Waals surface area contributed by atoms with Crippen molar-refractivity contribution in [2.75, 3.05) is 6.54 Å². The number of hydrogen-bond acceptors (Lipinski definition) is 3. The Morgan fingerprint density at radius 2 is 1.93 bits per heavy atom.